The monoisotopic (exact) mass is 487 g/mol. The smallest absolute Gasteiger partial charge is 0.213 e. The molecule has 6 fully saturated rings. The first kappa shape index (κ1) is 25.1. The van der Waals surface area contributed by atoms with Crippen LogP contribution in [0.5, 0.6) is 0 Å². The zero-order chi connectivity index (χ0) is 25.9. The van der Waals surface area contributed by atoms with Gasteiger partial charge in [-0.2, -0.15) is 0 Å². The number of hydrogen-bond acceptors (Lipinski definition) is 7. The first-order valence-electron chi connectivity index (χ1n) is 12.9. The fraction of sp³-hybridized carbons (Fsp3) is 0.786. The van der Waals surface area contributed by atoms with Gasteiger partial charge < -0.3 is 24.2 Å². The van der Waals surface area contributed by atoms with Crippen LogP contribution in [0.2, 0.25) is 0 Å². The van der Waals surface area contributed by atoms with E-state index in [1.54, 1.807) is 6.92 Å². The maximum Gasteiger partial charge on any atom is 0.213 e. The zero-order valence-electron chi connectivity index (χ0n) is 22.4. The van der Waals surface area contributed by atoms with Crippen molar-refractivity contribution in [2.45, 2.75) is 84.6 Å². The predicted octanol–water partition coefficient (Wildman–Crippen LogP) is 3.46. The third-order valence-corrected chi connectivity index (χ3v) is 9.75. The van der Waals surface area contributed by atoms with Crippen LogP contribution in [0.3, 0.4) is 0 Å². The van der Waals surface area contributed by atoms with Gasteiger partial charge in [0.1, 0.15) is 17.3 Å². The van der Waals surface area contributed by atoms with E-state index in [0.29, 0.717) is 12.8 Å². The van der Waals surface area contributed by atoms with Gasteiger partial charge in [-0.15, -0.1) is 0 Å². The van der Waals surface area contributed by atoms with E-state index >= 15 is 0 Å². The lowest BCUT2D eigenvalue weighted by molar-refractivity contribution is -0.526. The van der Waals surface area contributed by atoms with Crippen molar-refractivity contribution in [2.75, 3.05) is 20.7 Å². The Hall–Kier alpha value is -1.54. The van der Waals surface area contributed by atoms with Crippen molar-refractivity contribution in [3.8, 4) is 0 Å². The largest absolute Gasteiger partial charge is 0.387 e. The topological polar surface area (TPSA) is 85.3 Å². The van der Waals surface area contributed by atoms with Crippen molar-refractivity contribution in [3.63, 3.8) is 0 Å². The number of rotatable bonds is 3. The molecule has 3 saturated heterocycles. The van der Waals surface area contributed by atoms with Crippen LogP contribution in [-0.2, 0) is 23.8 Å². The Labute approximate surface area is 208 Å². The fourth-order valence-electron chi connectivity index (χ4n) is 9.06. The number of carbonyl (C=O) groups is 2. The molecule has 8 atom stereocenters. The normalized spacial score (nSPS) is 48.2. The van der Waals surface area contributed by atoms with Crippen LogP contribution in [0.4, 0.5) is 0 Å². The quantitative estimate of drug-likeness (QED) is 0.482. The third-order valence-electron chi connectivity index (χ3n) is 9.75. The highest BCUT2D eigenvalue weighted by molar-refractivity contribution is 6.03. The molecule has 3 aliphatic heterocycles. The number of ether oxygens (including phenoxy) is 3. The van der Waals surface area contributed by atoms with Gasteiger partial charge in [-0.1, -0.05) is 26.0 Å². The molecule has 35 heavy (non-hydrogen) atoms. The standard InChI is InChI=1S/C28H41NO6/c1-15(2)18-10-11-19-26-14-33-28(27(19,16(3)30)23(18)34-25(6,7)35-28)22(32)20(26)24(4,5)12-17(21(26)31)13-29(8)9/h13,18-20,22-23,32H,1,10-12,14H2,2-9H3/b17-13-/t18-,19-,20+,22-,23+,26-,27+,28?/m0/s1. The Morgan fingerprint density at radius 1 is 1.17 bits per heavy atom. The molecule has 3 heterocycles. The highest BCUT2D eigenvalue weighted by atomic mass is 16.8. The van der Waals surface area contributed by atoms with Crippen LogP contribution in [0, 0.1) is 34.0 Å². The number of fused-ring (bicyclic) bond motifs is 1. The SMILES string of the molecule is C=C(C)[C@@H]1CC[C@H]2[C@@]34COC5(OC(C)(C)O[C@H]1[C@@]25C(C)=O)[C@@H](O)[C@@H]3C(C)(C)C/C(=C/N(C)C)C4=O. The number of aliphatic hydroxyl groups excluding tert-OH is 1. The third kappa shape index (κ3) is 2.81. The maximum atomic E-state index is 14.5. The summed E-state index contributed by atoms with van der Waals surface area (Å²) in [6.45, 7) is 15.7. The van der Waals surface area contributed by atoms with E-state index in [-0.39, 0.29) is 30.0 Å². The number of carbonyl (C=O) groups excluding carboxylic acids is 2. The summed E-state index contributed by atoms with van der Waals surface area (Å²) in [5, 5.41) is 12.3. The number of nitrogens with zero attached hydrogens (tertiary/aromatic N) is 1. The summed E-state index contributed by atoms with van der Waals surface area (Å²) in [7, 11) is 3.82. The van der Waals surface area contributed by atoms with Gasteiger partial charge in [0.05, 0.1) is 18.1 Å². The molecule has 7 heteroatoms. The van der Waals surface area contributed by atoms with E-state index in [1.165, 1.54) is 0 Å². The molecule has 1 N–H and O–H groups in total. The Balaban J connectivity index is 1.83. The highest BCUT2D eigenvalue weighted by Crippen LogP contribution is 2.76. The van der Waals surface area contributed by atoms with Crippen molar-refractivity contribution in [1.82, 2.24) is 4.90 Å². The predicted molar refractivity (Wildman–Crippen MR) is 130 cm³/mol. The Morgan fingerprint density at radius 3 is 2.40 bits per heavy atom. The van der Waals surface area contributed by atoms with Crippen molar-refractivity contribution >= 4 is 11.6 Å². The molecule has 0 aromatic carbocycles. The molecule has 2 bridgehead atoms. The average Bonchev–Trinajstić information content (AvgIpc) is 2.71. The van der Waals surface area contributed by atoms with Gasteiger partial charge in [0.2, 0.25) is 5.79 Å². The minimum Gasteiger partial charge on any atom is -0.387 e. The Bertz CT molecular complexity index is 1030. The van der Waals surface area contributed by atoms with Crippen molar-refractivity contribution < 1.29 is 28.9 Å². The van der Waals surface area contributed by atoms with Gasteiger partial charge in [-0.25, -0.2) is 0 Å². The second-order valence-electron chi connectivity index (χ2n) is 13.1. The molecular weight excluding hydrogens is 446 g/mol. The number of ketones is 2. The number of allylic oxidation sites excluding steroid dienone is 1. The summed E-state index contributed by atoms with van der Waals surface area (Å²) in [6, 6.07) is 0. The van der Waals surface area contributed by atoms with Crippen molar-refractivity contribution in [2.24, 2.45) is 34.0 Å². The molecule has 6 rings (SSSR count). The number of aliphatic hydroxyl groups is 1. The molecule has 0 amide bonds. The molecule has 0 aromatic heterocycles. The molecule has 1 unspecified atom stereocenters. The molecule has 2 spiro atoms. The molecular formula is C28H41NO6. The molecule has 7 nitrogen and oxygen atoms in total. The van der Waals surface area contributed by atoms with E-state index in [9.17, 15) is 14.7 Å². The van der Waals surface area contributed by atoms with Gasteiger partial charge in [-0.05, 0) is 58.3 Å². The van der Waals surface area contributed by atoms with E-state index < -0.39 is 45.9 Å². The summed E-state index contributed by atoms with van der Waals surface area (Å²) < 4.78 is 19.7. The van der Waals surface area contributed by atoms with Gasteiger partial charge >= 0.3 is 0 Å². The summed E-state index contributed by atoms with van der Waals surface area (Å²) in [6.07, 6.45) is 2.08. The van der Waals surface area contributed by atoms with Crippen LogP contribution < -0.4 is 0 Å². The lowest BCUT2D eigenvalue weighted by Gasteiger charge is -2.78. The maximum absolute atomic E-state index is 14.5. The Kier molecular flexibility index (Phi) is 5.22. The lowest BCUT2D eigenvalue weighted by atomic mass is 9.33. The summed E-state index contributed by atoms with van der Waals surface area (Å²) >= 11 is 0. The van der Waals surface area contributed by atoms with Crippen LogP contribution in [-0.4, -0.2) is 66.1 Å². The van der Waals surface area contributed by atoms with E-state index in [1.807, 2.05) is 46.0 Å². The van der Waals surface area contributed by atoms with E-state index in [0.717, 1.165) is 17.6 Å². The average molecular weight is 488 g/mol. The van der Waals surface area contributed by atoms with Crippen LogP contribution in [0.1, 0.15) is 60.8 Å². The molecule has 3 aliphatic carbocycles. The Morgan fingerprint density at radius 2 is 1.83 bits per heavy atom. The molecule has 3 saturated carbocycles. The fourth-order valence-corrected chi connectivity index (χ4v) is 9.06. The van der Waals surface area contributed by atoms with E-state index in [2.05, 4.69) is 20.4 Å². The van der Waals surface area contributed by atoms with Crippen molar-refractivity contribution in [1.29, 1.82) is 0 Å². The number of Topliss-reactive ketones (excluding diaryl/α,β-unsaturated/α-hetero) is 2. The zero-order valence-corrected chi connectivity index (χ0v) is 22.4. The lowest BCUT2D eigenvalue weighted by Crippen LogP contribution is -2.89. The second kappa shape index (κ2) is 7.27. The van der Waals surface area contributed by atoms with Crippen LogP contribution in [0.25, 0.3) is 0 Å². The van der Waals surface area contributed by atoms with E-state index in [4.69, 9.17) is 14.2 Å². The van der Waals surface area contributed by atoms with Crippen molar-refractivity contribution in [3.05, 3.63) is 23.9 Å². The first-order chi connectivity index (χ1) is 16.1. The minimum atomic E-state index is -1.59. The summed E-state index contributed by atoms with van der Waals surface area (Å²) in [5.74, 6) is -3.73. The molecule has 194 valence electrons. The van der Waals surface area contributed by atoms with Gasteiger partial charge in [-0.3, -0.25) is 9.59 Å². The van der Waals surface area contributed by atoms with Gasteiger partial charge in [0, 0.05) is 37.7 Å². The second-order valence-corrected chi connectivity index (χ2v) is 13.1. The number of hydrogen-bond donors (Lipinski definition) is 1. The van der Waals surface area contributed by atoms with Crippen LogP contribution in [0.15, 0.2) is 23.9 Å². The van der Waals surface area contributed by atoms with Gasteiger partial charge in [0.15, 0.2) is 11.6 Å². The summed E-state index contributed by atoms with van der Waals surface area (Å²) in [4.78, 5) is 30.3. The van der Waals surface area contributed by atoms with Crippen LogP contribution >= 0.6 is 0 Å². The highest BCUT2D eigenvalue weighted by Gasteiger charge is 2.88. The minimum absolute atomic E-state index is 0.00846. The molecule has 0 radical (unpaired) electrons. The summed E-state index contributed by atoms with van der Waals surface area (Å²) in [5.41, 5.74) is -1.12. The van der Waals surface area contributed by atoms with Gasteiger partial charge in [0.25, 0.3) is 0 Å². The molecule has 0 aromatic rings. The molecule has 6 aliphatic rings. The first-order valence-corrected chi connectivity index (χ1v) is 12.9.